The highest BCUT2D eigenvalue weighted by Gasteiger charge is 2.21. The zero-order valence-corrected chi connectivity index (χ0v) is 13.1. The molecule has 1 heteroatoms. The Balaban J connectivity index is 1.97. The highest BCUT2D eigenvalue weighted by molar-refractivity contribution is 5.12. The first kappa shape index (κ1) is 15.1. The number of likely N-dealkylation sites (N-methyl/N-ethyl adjacent to an activating group) is 1. The molecule has 2 unspecified atom stereocenters. The van der Waals surface area contributed by atoms with E-state index in [1.165, 1.54) is 57.8 Å². The molecule has 2 aliphatic carbocycles. The molecule has 2 aliphatic rings. The van der Waals surface area contributed by atoms with Crippen LogP contribution in [0, 0.1) is 17.8 Å². The maximum Gasteiger partial charge on any atom is 0.0167 e. The van der Waals surface area contributed by atoms with Gasteiger partial charge in [0.25, 0.3) is 0 Å². The summed E-state index contributed by atoms with van der Waals surface area (Å²) in [6, 6.07) is 0. The highest BCUT2D eigenvalue weighted by Crippen LogP contribution is 2.34. The lowest BCUT2D eigenvalue weighted by atomic mass is 9.78. The molecule has 0 heterocycles. The lowest BCUT2D eigenvalue weighted by molar-refractivity contribution is 0.319. The van der Waals surface area contributed by atoms with Gasteiger partial charge in [0.2, 0.25) is 0 Å². The van der Waals surface area contributed by atoms with Gasteiger partial charge in [-0.2, -0.15) is 0 Å². The maximum absolute atomic E-state index is 3.58. The topological polar surface area (TPSA) is 12.0 Å². The van der Waals surface area contributed by atoms with E-state index in [0.29, 0.717) is 0 Å². The van der Waals surface area contributed by atoms with Crippen LogP contribution in [0.3, 0.4) is 0 Å². The second kappa shape index (κ2) is 8.09. The number of rotatable bonds is 5. The summed E-state index contributed by atoms with van der Waals surface area (Å²) in [5.74, 6) is 2.71. The Morgan fingerprint density at radius 1 is 1.05 bits per heavy atom. The van der Waals surface area contributed by atoms with E-state index in [1.54, 1.807) is 5.57 Å². The molecular formula is C18H33N. The van der Waals surface area contributed by atoms with E-state index < -0.39 is 0 Å². The second-order valence-corrected chi connectivity index (χ2v) is 6.89. The van der Waals surface area contributed by atoms with Crippen LogP contribution in [0.5, 0.6) is 0 Å². The van der Waals surface area contributed by atoms with Gasteiger partial charge in [0.05, 0.1) is 0 Å². The highest BCUT2D eigenvalue weighted by atomic mass is 14.8. The molecule has 0 aromatic heterocycles. The van der Waals surface area contributed by atoms with E-state index in [1.807, 2.05) is 0 Å². The molecule has 0 aromatic rings. The minimum absolute atomic E-state index is 0.874. The molecule has 0 spiro atoms. The van der Waals surface area contributed by atoms with Crippen molar-refractivity contribution in [2.24, 2.45) is 17.8 Å². The van der Waals surface area contributed by atoms with E-state index in [4.69, 9.17) is 0 Å². The van der Waals surface area contributed by atoms with Gasteiger partial charge in [-0.15, -0.1) is 0 Å². The number of hydrogen-bond donors (Lipinski definition) is 1. The van der Waals surface area contributed by atoms with E-state index in [9.17, 15) is 0 Å². The average molecular weight is 263 g/mol. The molecule has 0 aliphatic heterocycles. The van der Waals surface area contributed by atoms with Crippen molar-refractivity contribution in [2.75, 3.05) is 13.1 Å². The molecule has 2 fully saturated rings. The van der Waals surface area contributed by atoms with Gasteiger partial charge in [0.1, 0.15) is 0 Å². The number of allylic oxidation sites excluding steroid dienone is 1. The van der Waals surface area contributed by atoms with Crippen LogP contribution in [0.4, 0.5) is 0 Å². The Kier molecular flexibility index (Phi) is 6.43. The van der Waals surface area contributed by atoms with Crippen molar-refractivity contribution in [1.29, 1.82) is 0 Å². The van der Waals surface area contributed by atoms with Crippen LogP contribution in [0.25, 0.3) is 0 Å². The van der Waals surface area contributed by atoms with Crippen LogP contribution in [-0.2, 0) is 0 Å². The molecule has 2 rings (SSSR count). The van der Waals surface area contributed by atoms with Crippen LogP contribution >= 0.6 is 0 Å². The SMILES string of the molecule is CCNC/C(=C/C1CCCC(C)C1)C1CCCCC1. The fourth-order valence-electron chi connectivity index (χ4n) is 4.02. The summed E-state index contributed by atoms with van der Waals surface area (Å²) >= 11 is 0. The molecule has 0 saturated heterocycles. The van der Waals surface area contributed by atoms with Crippen molar-refractivity contribution in [2.45, 2.75) is 71.6 Å². The number of nitrogens with one attached hydrogen (secondary N) is 1. The predicted octanol–water partition coefficient (Wildman–Crippen LogP) is 4.93. The molecule has 0 aromatic carbocycles. The van der Waals surface area contributed by atoms with Crippen molar-refractivity contribution in [3.8, 4) is 0 Å². The molecule has 110 valence electrons. The smallest absolute Gasteiger partial charge is 0.0167 e. The molecule has 1 nitrogen and oxygen atoms in total. The van der Waals surface area contributed by atoms with E-state index in [-0.39, 0.29) is 0 Å². The third kappa shape index (κ3) is 4.95. The molecule has 0 radical (unpaired) electrons. The summed E-state index contributed by atoms with van der Waals surface area (Å²) in [7, 11) is 0. The van der Waals surface area contributed by atoms with Crippen LogP contribution in [0.2, 0.25) is 0 Å². The van der Waals surface area contributed by atoms with E-state index in [2.05, 4.69) is 25.2 Å². The predicted molar refractivity (Wildman–Crippen MR) is 84.3 cm³/mol. The van der Waals surface area contributed by atoms with Crippen molar-refractivity contribution in [3.05, 3.63) is 11.6 Å². The lowest BCUT2D eigenvalue weighted by Crippen LogP contribution is -2.23. The van der Waals surface area contributed by atoms with Crippen LogP contribution in [-0.4, -0.2) is 13.1 Å². The molecule has 1 N–H and O–H groups in total. The van der Waals surface area contributed by atoms with E-state index >= 15 is 0 Å². The van der Waals surface area contributed by atoms with Gasteiger partial charge < -0.3 is 5.32 Å². The normalized spacial score (nSPS) is 30.5. The van der Waals surface area contributed by atoms with Crippen molar-refractivity contribution < 1.29 is 0 Å². The van der Waals surface area contributed by atoms with Gasteiger partial charge >= 0.3 is 0 Å². The van der Waals surface area contributed by atoms with Crippen molar-refractivity contribution in [3.63, 3.8) is 0 Å². The van der Waals surface area contributed by atoms with Gasteiger partial charge in [-0.1, -0.05) is 57.6 Å². The summed E-state index contributed by atoms with van der Waals surface area (Å²) < 4.78 is 0. The maximum atomic E-state index is 3.58. The van der Waals surface area contributed by atoms with Gasteiger partial charge in [-0.25, -0.2) is 0 Å². The minimum atomic E-state index is 0.874. The quantitative estimate of drug-likeness (QED) is 0.694. The zero-order chi connectivity index (χ0) is 13.5. The lowest BCUT2D eigenvalue weighted by Gasteiger charge is -2.29. The fraction of sp³-hybridized carbons (Fsp3) is 0.889. The third-order valence-electron chi connectivity index (χ3n) is 5.14. The molecule has 2 atom stereocenters. The minimum Gasteiger partial charge on any atom is -0.313 e. The van der Waals surface area contributed by atoms with Crippen LogP contribution in [0.1, 0.15) is 71.6 Å². The summed E-state index contributed by atoms with van der Waals surface area (Å²) in [5.41, 5.74) is 1.75. The molecule has 19 heavy (non-hydrogen) atoms. The average Bonchev–Trinajstić information content (AvgIpc) is 2.44. The molecular weight excluding hydrogens is 230 g/mol. The van der Waals surface area contributed by atoms with Gasteiger partial charge in [-0.05, 0) is 50.0 Å². The fourth-order valence-corrected chi connectivity index (χ4v) is 4.02. The largest absolute Gasteiger partial charge is 0.313 e. The Hall–Kier alpha value is -0.300. The summed E-state index contributed by atoms with van der Waals surface area (Å²) in [4.78, 5) is 0. The Bertz CT molecular complexity index is 275. The Labute approximate surface area is 120 Å². The van der Waals surface area contributed by atoms with Crippen LogP contribution in [0.15, 0.2) is 11.6 Å². The number of hydrogen-bond acceptors (Lipinski definition) is 1. The van der Waals surface area contributed by atoms with Crippen LogP contribution < -0.4 is 5.32 Å². The molecule has 0 amide bonds. The third-order valence-corrected chi connectivity index (χ3v) is 5.14. The Morgan fingerprint density at radius 2 is 1.84 bits per heavy atom. The van der Waals surface area contributed by atoms with Crippen molar-refractivity contribution in [1.82, 2.24) is 5.32 Å². The van der Waals surface area contributed by atoms with Gasteiger partial charge in [0, 0.05) is 6.54 Å². The monoisotopic (exact) mass is 263 g/mol. The summed E-state index contributed by atoms with van der Waals surface area (Å²) in [6.45, 7) is 6.91. The Morgan fingerprint density at radius 3 is 2.53 bits per heavy atom. The molecule has 2 saturated carbocycles. The summed E-state index contributed by atoms with van der Waals surface area (Å²) in [6.07, 6.45) is 15.7. The van der Waals surface area contributed by atoms with Gasteiger partial charge in [0.15, 0.2) is 0 Å². The first-order chi connectivity index (χ1) is 9.29. The zero-order valence-electron chi connectivity index (χ0n) is 13.1. The van der Waals surface area contributed by atoms with Crippen molar-refractivity contribution >= 4 is 0 Å². The molecule has 0 bridgehead atoms. The first-order valence-electron chi connectivity index (χ1n) is 8.71. The first-order valence-corrected chi connectivity index (χ1v) is 8.71. The summed E-state index contributed by atoms with van der Waals surface area (Å²) in [5, 5.41) is 3.58. The van der Waals surface area contributed by atoms with E-state index in [0.717, 1.165) is 30.8 Å². The standard InChI is InChI=1S/C18H33N/c1-3-19-14-18(17-10-5-4-6-11-17)13-16-9-7-8-15(2)12-16/h13,15-17,19H,3-12,14H2,1-2H3/b18-13-. The second-order valence-electron chi connectivity index (χ2n) is 6.89. The van der Waals surface area contributed by atoms with Gasteiger partial charge in [-0.3, -0.25) is 0 Å².